The minimum atomic E-state index is -1.03. The van der Waals surface area contributed by atoms with Gasteiger partial charge in [0, 0.05) is 16.3 Å². The van der Waals surface area contributed by atoms with Gasteiger partial charge in [0.1, 0.15) is 17.7 Å². The maximum absolute atomic E-state index is 13.2. The van der Waals surface area contributed by atoms with Crippen LogP contribution in [-0.2, 0) is 0 Å². The molecule has 1 N–H and O–H groups in total. The van der Waals surface area contributed by atoms with Gasteiger partial charge in [-0.15, -0.1) is 11.3 Å². The quantitative estimate of drug-likeness (QED) is 0.741. The summed E-state index contributed by atoms with van der Waals surface area (Å²) in [6.45, 7) is 0. The van der Waals surface area contributed by atoms with Crippen LogP contribution in [-0.4, -0.2) is 5.11 Å². The maximum atomic E-state index is 13.2. The minimum Gasteiger partial charge on any atom is -0.384 e. The van der Waals surface area contributed by atoms with Crippen LogP contribution in [0.1, 0.15) is 17.2 Å². The Hall–Kier alpha value is -1.78. The SMILES string of the molecule is OC(c1cc(F)cc(F)c1)c1csc2ccccc12. The number of hydrogen-bond acceptors (Lipinski definition) is 2. The van der Waals surface area contributed by atoms with Gasteiger partial charge in [0.05, 0.1) is 0 Å². The molecule has 2 aromatic carbocycles. The summed E-state index contributed by atoms with van der Waals surface area (Å²) in [4.78, 5) is 0. The number of benzene rings is 2. The summed E-state index contributed by atoms with van der Waals surface area (Å²) < 4.78 is 27.4. The van der Waals surface area contributed by atoms with E-state index in [1.165, 1.54) is 11.3 Å². The molecule has 0 fully saturated rings. The molecule has 0 amide bonds. The smallest absolute Gasteiger partial charge is 0.126 e. The second kappa shape index (κ2) is 4.72. The van der Waals surface area contributed by atoms with Crippen molar-refractivity contribution in [1.82, 2.24) is 0 Å². The molecule has 0 aliphatic rings. The molecule has 96 valence electrons. The zero-order valence-electron chi connectivity index (χ0n) is 9.81. The molecule has 0 spiro atoms. The predicted molar refractivity (Wildman–Crippen MR) is 72.2 cm³/mol. The fourth-order valence-electron chi connectivity index (χ4n) is 2.12. The van der Waals surface area contributed by atoms with Gasteiger partial charge in [-0.25, -0.2) is 8.78 Å². The second-order valence-corrected chi connectivity index (χ2v) is 5.20. The van der Waals surface area contributed by atoms with E-state index in [-0.39, 0.29) is 5.56 Å². The van der Waals surface area contributed by atoms with E-state index in [0.29, 0.717) is 5.56 Å². The van der Waals surface area contributed by atoms with Gasteiger partial charge in [-0.3, -0.25) is 0 Å². The van der Waals surface area contributed by atoms with E-state index in [2.05, 4.69) is 0 Å². The Morgan fingerprint density at radius 3 is 2.42 bits per heavy atom. The summed E-state index contributed by atoms with van der Waals surface area (Å²) >= 11 is 1.50. The Labute approximate surface area is 112 Å². The number of hydrogen-bond donors (Lipinski definition) is 1. The van der Waals surface area contributed by atoms with Crippen LogP contribution in [0.5, 0.6) is 0 Å². The molecule has 1 atom stereocenters. The van der Waals surface area contributed by atoms with Crippen LogP contribution in [0.4, 0.5) is 8.78 Å². The van der Waals surface area contributed by atoms with Crippen LogP contribution >= 0.6 is 11.3 Å². The molecule has 4 heteroatoms. The lowest BCUT2D eigenvalue weighted by molar-refractivity contribution is 0.221. The third-order valence-electron chi connectivity index (χ3n) is 3.01. The van der Waals surface area contributed by atoms with E-state index in [9.17, 15) is 13.9 Å². The highest BCUT2D eigenvalue weighted by Gasteiger charge is 2.16. The molecule has 19 heavy (non-hydrogen) atoms. The van der Waals surface area contributed by atoms with Gasteiger partial charge in [0.25, 0.3) is 0 Å². The van der Waals surface area contributed by atoms with Crippen molar-refractivity contribution in [2.24, 2.45) is 0 Å². The van der Waals surface area contributed by atoms with Crippen LogP contribution in [0.3, 0.4) is 0 Å². The molecule has 0 saturated carbocycles. The number of aliphatic hydroxyl groups is 1. The number of fused-ring (bicyclic) bond motifs is 1. The topological polar surface area (TPSA) is 20.2 Å². The van der Waals surface area contributed by atoms with E-state index >= 15 is 0 Å². The number of aliphatic hydroxyl groups excluding tert-OH is 1. The van der Waals surface area contributed by atoms with Gasteiger partial charge in [0.2, 0.25) is 0 Å². The first-order valence-corrected chi connectivity index (χ1v) is 6.63. The fraction of sp³-hybridized carbons (Fsp3) is 0.0667. The Kier molecular flexibility index (Phi) is 3.05. The number of rotatable bonds is 2. The average Bonchev–Trinajstić information content (AvgIpc) is 2.80. The van der Waals surface area contributed by atoms with Gasteiger partial charge < -0.3 is 5.11 Å². The lowest BCUT2D eigenvalue weighted by Gasteiger charge is -2.10. The first kappa shape index (κ1) is 12.3. The Bertz CT molecular complexity index is 716. The lowest BCUT2D eigenvalue weighted by Crippen LogP contribution is -2.00. The number of halogens is 2. The number of thiophene rings is 1. The highest BCUT2D eigenvalue weighted by atomic mass is 32.1. The molecule has 0 saturated heterocycles. The van der Waals surface area contributed by atoms with E-state index < -0.39 is 17.7 Å². The molecule has 1 heterocycles. The zero-order chi connectivity index (χ0) is 13.4. The van der Waals surface area contributed by atoms with E-state index in [1.807, 2.05) is 29.6 Å². The standard InChI is InChI=1S/C15H10F2OS/c16-10-5-9(6-11(17)7-10)15(18)13-8-19-14-4-2-1-3-12(13)14/h1-8,15,18H. The van der Waals surface area contributed by atoms with Crippen LogP contribution in [0.15, 0.2) is 47.8 Å². The van der Waals surface area contributed by atoms with Crippen molar-refractivity contribution in [3.63, 3.8) is 0 Å². The van der Waals surface area contributed by atoms with Crippen LogP contribution in [0.25, 0.3) is 10.1 Å². The molecule has 1 nitrogen and oxygen atoms in total. The van der Waals surface area contributed by atoms with Crippen molar-refractivity contribution in [3.05, 3.63) is 70.6 Å². The summed E-state index contributed by atoms with van der Waals surface area (Å²) in [7, 11) is 0. The molecule has 0 aliphatic heterocycles. The van der Waals surface area contributed by atoms with E-state index in [0.717, 1.165) is 28.3 Å². The summed E-state index contributed by atoms with van der Waals surface area (Å²) in [6.07, 6.45) is -1.03. The normalized spacial score (nSPS) is 12.8. The van der Waals surface area contributed by atoms with Gasteiger partial charge >= 0.3 is 0 Å². The summed E-state index contributed by atoms with van der Waals surface area (Å²) in [5, 5.41) is 13.0. The van der Waals surface area contributed by atoms with E-state index in [1.54, 1.807) is 0 Å². The minimum absolute atomic E-state index is 0.223. The second-order valence-electron chi connectivity index (χ2n) is 4.29. The van der Waals surface area contributed by atoms with Gasteiger partial charge in [-0.1, -0.05) is 18.2 Å². The molecular weight excluding hydrogens is 266 g/mol. The van der Waals surface area contributed by atoms with Crippen LogP contribution < -0.4 is 0 Å². The van der Waals surface area contributed by atoms with E-state index in [4.69, 9.17) is 0 Å². The highest BCUT2D eigenvalue weighted by molar-refractivity contribution is 7.17. The molecule has 1 aromatic heterocycles. The van der Waals surface area contributed by atoms with Crippen LogP contribution in [0.2, 0.25) is 0 Å². The third-order valence-corrected chi connectivity index (χ3v) is 3.99. The average molecular weight is 276 g/mol. The third kappa shape index (κ3) is 2.25. The summed E-state index contributed by atoms with van der Waals surface area (Å²) in [5.41, 5.74) is 0.895. The molecule has 1 unspecified atom stereocenters. The molecular formula is C15H10F2OS. The molecule has 3 rings (SSSR count). The van der Waals surface area contributed by atoms with Gasteiger partial charge in [-0.05, 0) is 34.5 Å². The largest absolute Gasteiger partial charge is 0.384 e. The molecule has 0 bridgehead atoms. The summed E-state index contributed by atoms with van der Waals surface area (Å²) in [6, 6.07) is 10.7. The zero-order valence-corrected chi connectivity index (χ0v) is 10.6. The molecule has 3 aromatic rings. The highest BCUT2D eigenvalue weighted by Crippen LogP contribution is 2.33. The first-order chi connectivity index (χ1) is 9.15. The van der Waals surface area contributed by atoms with Crippen molar-refractivity contribution < 1.29 is 13.9 Å². The van der Waals surface area contributed by atoms with Crippen LogP contribution in [0, 0.1) is 11.6 Å². The first-order valence-electron chi connectivity index (χ1n) is 5.75. The van der Waals surface area contributed by atoms with Gasteiger partial charge in [0.15, 0.2) is 0 Å². The Balaban J connectivity index is 2.10. The maximum Gasteiger partial charge on any atom is 0.126 e. The van der Waals surface area contributed by atoms with Crippen molar-refractivity contribution in [2.75, 3.05) is 0 Å². The summed E-state index contributed by atoms with van der Waals surface area (Å²) in [5.74, 6) is -1.37. The Morgan fingerprint density at radius 1 is 1.00 bits per heavy atom. The fourth-order valence-corrected chi connectivity index (χ4v) is 3.10. The molecule has 0 aliphatic carbocycles. The monoisotopic (exact) mass is 276 g/mol. The van der Waals surface area contributed by atoms with Gasteiger partial charge in [-0.2, -0.15) is 0 Å². The van der Waals surface area contributed by atoms with Crippen molar-refractivity contribution in [1.29, 1.82) is 0 Å². The molecule has 0 radical (unpaired) electrons. The van der Waals surface area contributed by atoms with Crippen molar-refractivity contribution in [3.8, 4) is 0 Å². The lowest BCUT2D eigenvalue weighted by atomic mass is 10.0. The Morgan fingerprint density at radius 2 is 1.68 bits per heavy atom. The van der Waals surface area contributed by atoms with Crippen molar-refractivity contribution in [2.45, 2.75) is 6.10 Å². The predicted octanol–water partition coefficient (Wildman–Crippen LogP) is 4.26. The van der Waals surface area contributed by atoms with Crippen molar-refractivity contribution >= 4 is 21.4 Å².